The van der Waals surface area contributed by atoms with Crippen LogP contribution in [0.1, 0.15) is 0 Å². The average molecular weight is 160 g/mol. The van der Waals surface area contributed by atoms with Crippen LogP contribution in [0, 0.1) is 0 Å². The molecule has 0 aliphatic rings. The van der Waals surface area contributed by atoms with Crippen molar-refractivity contribution >= 4 is 7.60 Å². The van der Waals surface area contributed by atoms with Gasteiger partial charge < -0.3 is 9.42 Å². The number of alkyl halides is 2. The fourth-order valence-corrected chi connectivity index (χ4v) is 0.584. The van der Waals surface area contributed by atoms with Gasteiger partial charge in [0.2, 0.25) is 0 Å². The fourth-order valence-electron chi connectivity index (χ4n) is 0.195. The summed E-state index contributed by atoms with van der Waals surface area (Å²) < 4.78 is 36.4. The summed E-state index contributed by atoms with van der Waals surface area (Å²) in [5, 5.41) is 0. The van der Waals surface area contributed by atoms with E-state index >= 15 is 0 Å². The van der Waals surface area contributed by atoms with Crippen molar-refractivity contribution in [3.05, 3.63) is 0 Å². The number of halogens is 2. The Bertz CT molecular complexity index is 120. The highest BCUT2D eigenvalue weighted by Crippen LogP contribution is 2.36. The zero-order chi connectivity index (χ0) is 7.49. The van der Waals surface area contributed by atoms with E-state index in [1.54, 1.807) is 0 Å². The van der Waals surface area contributed by atoms with Gasteiger partial charge >= 0.3 is 7.60 Å². The first-order valence-electron chi connectivity index (χ1n) is 2.15. The first-order valence-corrected chi connectivity index (χ1v) is 4.17. The minimum absolute atomic E-state index is 0.857. The van der Waals surface area contributed by atoms with Crippen LogP contribution in [0.25, 0.3) is 0 Å². The summed E-state index contributed by atoms with van der Waals surface area (Å²) in [5.41, 5.74) is 0. The summed E-state index contributed by atoms with van der Waals surface area (Å²) in [6.07, 6.45) is -2.69. The van der Waals surface area contributed by atoms with E-state index in [0.717, 1.165) is 6.66 Å². The Morgan fingerprint density at radius 2 is 2.22 bits per heavy atom. The molecule has 0 rings (SSSR count). The van der Waals surface area contributed by atoms with Gasteiger partial charge in [-0.1, -0.05) is 0 Å². The monoisotopic (exact) mass is 160 g/mol. The van der Waals surface area contributed by atoms with E-state index in [2.05, 4.69) is 4.52 Å². The van der Waals surface area contributed by atoms with Gasteiger partial charge in [-0.05, 0) is 0 Å². The van der Waals surface area contributed by atoms with Crippen molar-refractivity contribution in [1.82, 2.24) is 0 Å². The maximum absolute atomic E-state index is 11.2. The van der Waals surface area contributed by atoms with Gasteiger partial charge in [-0.3, -0.25) is 4.57 Å². The smallest absolute Gasteiger partial charge is 0.324 e. The minimum atomic E-state index is -3.70. The first kappa shape index (κ1) is 9.01. The van der Waals surface area contributed by atoms with E-state index in [4.69, 9.17) is 4.89 Å². The minimum Gasteiger partial charge on any atom is -0.324 e. The van der Waals surface area contributed by atoms with E-state index in [-0.39, 0.29) is 0 Å². The van der Waals surface area contributed by atoms with Gasteiger partial charge in [-0.2, -0.15) is 0 Å². The van der Waals surface area contributed by atoms with Crippen LogP contribution >= 0.6 is 7.60 Å². The highest BCUT2D eigenvalue weighted by Gasteiger charge is 2.13. The molecule has 0 fully saturated rings. The zero-order valence-corrected chi connectivity index (χ0v) is 5.65. The molecule has 0 saturated carbocycles. The largest absolute Gasteiger partial charge is 0.325 e. The molecule has 9 heavy (non-hydrogen) atoms. The summed E-state index contributed by atoms with van der Waals surface area (Å²) in [7, 11) is -3.70. The maximum Gasteiger partial charge on any atom is 0.325 e. The van der Waals surface area contributed by atoms with Gasteiger partial charge in [0, 0.05) is 6.66 Å². The Morgan fingerprint density at radius 1 is 1.78 bits per heavy atom. The van der Waals surface area contributed by atoms with Crippen LogP contribution in [0.4, 0.5) is 8.78 Å². The summed E-state index contributed by atoms with van der Waals surface area (Å²) in [6, 6.07) is 0. The Kier molecular flexibility index (Phi) is 3.25. The molecule has 6 heteroatoms. The highest BCUT2D eigenvalue weighted by molar-refractivity contribution is 7.51. The van der Waals surface area contributed by atoms with Crippen LogP contribution in [0.5, 0.6) is 0 Å². The number of hydrogen-bond acceptors (Lipinski definition) is 2. The zero-order valence-electron chi connectivity index (χ0n) is 4.75. The molecule has 0 radical (unpaired) electrons. The van der Waals surface area contributed by atoms with Crippen molar-refractivity contribution in [1.29, 1.82) is 0 Å². The second kappa shape index (κ2) is 3.25. The SMILES string of the molecule is CP(=O)(O)OCC(F)F. The molecule has 56 valence electrons. The summed E-state index contributed by atoms with van der Waals surface area (Å²) in [6.45, 7) is -0.125. The molecule has 1 N–H and O–H groups in total. The summed E-state index contributed by atoms with van der Waals surface area (Å²) >= 11 is 0. The molecule has 1 unspecified atom stereocenters. The molecular weight excluding hydrogens is 153 g/mol. The van der Waals surface area contributed by atoms with Crippen molar-refractivity contribution in [2.45, 2.75) is 6.43 Å². The molecule has 0 aliphatic carbocycles. The van der Waals surface area contributed by atoms with E-state index in [1.807, 2.05) is 0 Å². The Hall–Kier alpha value is 0.01000. The Morgan fingerprint density at radius 3 is 2.33 bits per heavy atom. The van der Waals surface area contributed by atoms with Gasteiger partial charge in [-0.15, -0.1) is 0 Å². The molecule has 0 saturated heterocycles. The van der Waals surface area contributed by atoms with Crippen molar-refractivity contribution < 1.29 is 22.8 Å². The Labute approximate surface area is 51.2 Å². The third kappa shape index (κ3) is 8.01. The molecule has 0 heterocycles. The van der Waals surface area contributed by atoms with Crippen LogP contribution in [0.15, 0.2) is 0 Å². The number of rotatable bonds is 3. The topological polar surface area (TPSA) is 46.5 Å². The molecule has 0 aromatic rings. The molecule has 0 aromatic carbocycles. The van der Waals surface area contributed by atoms with Gasteiger partial charge in [0.25, 0.3) is 6.43 Å². The molecular formula is C3H7F2O3P. The third-order valence-corrected chi connectivity index (χ3v) is 1.07. The average Bonchev–Trinajstić information content (AvgIpc) is 1.59. The third-order valence-electron chi connectivity index (χ3n) is 0.440. The predicted octanol–water partition coefficient (Wildman–Crippen LogP) is 1.08. The molecule has 3 nitrogen and oxygen atoms in total. The van der Waals surface area contributed by atoms with Crippen molar-refractivity contribution in [3.63, 3.8) is 0 Å². The highest BCUT2D eigenvalue weighted by atomic mass is 31.2. The fraction of sp³-hybridized carbons (Fsp3) is 1.00. The standard InChI is InChI=1S/C3H7F2O3P/c1-9(6,7)8-2-3(4)5/h3H,2H2,1H3,(H,6,7). The Balaban J connectivity index is 3.40. The second-order valence-electron chi connectivity index (χ2n) is 1.49. The van der Waals surface area contributed by atoms with Crippen molar-refractivity contribution in [2.75, 3.05) is 13.3 Å². The van der Waals surface area contributed by atoms with Crippen molar-refractivity contribution in [3.8, 4) is 0 Å². The van der Waals surface area contributed by atoms with Gasteiger partial charge in [-0.25, -0.2) is 8.78 Å². The van der Waals surface area contributed by atoms with E-state index in [9.17, 15) is 13.3 Å². The van der Waals surface area contributed by atoms with E-state index < -0.39 is 20.6 Å². The lowest BCUT2D eigenvalue weighted by Gasteiger charge is -2.04. The van der Waals surface area contributed by atoms with Gasteiger partial charge in [0.1, 0.15) is 6.61 Å². The number of hydrogen-bond donors (Lipinski definition) is 1. The van der Waals surface area contributed by atoms with E-state index in [1.165, 1.54) is 0 Å². The van der Waals surface area contributed by atoms with Gasteiger partial charge in [0.15, 0.2) is 0 Å². The lowest BCUT2D eigenvalue weighted by Crippen LogP contribution is -2.01. The van der Waals surface area contributed by atoms with Crippen LogP contribution in [0.3, 0.4) is 0 Å². The molecule has 0 spiro atoms. The summed E-state index contributed by atoms with van der Waals surface area (Å²) in [4.78, 5) is 8.27. The quantitative estimate of drug-likeness (QED) is 0.628. The molecule has 0 bridgehead atoms. The predicted molar refractivity (Wildman–Crippen MR) is 27.7 cm³/mol. The molecule has 1 atom stereocenters. The lowest BCUT2D eigenvalue weighted by molar-refractivity contribution is 0.0762. The first-order chi connectivity index (χ1) is 3.92. The normalized spacial score (nSPS) is 17.9. The second-order valence-corrected chi connectivity index (χ2v) is 3.35. The maximum atomic E-state index is 11.2. The lowest BCUT2D eigenvalue weighted by atomic mass is 10.8. The molecule has 0 amide bonds. The van der Waals surface area contributed by atoms with E-state index in [0.29, 0.717) is 0 Å². The van der Waals surface area contributed by atoms with Gasteiger partial charge in [0.05, 0.1) is 0 Å². The molecule has 0 aliphatic heterocycles. The summed E-state index contributed by atoms with van der Waals surface area (Å²) in [5.74, 6) is 0. The van der Waals surface area contributed by atoms with Crippen LogP contribution in [-0.4, -0.2) is 24.6 Å². The van der Waals surface area contributed by atoms with Crippen molar-refractivity contribution in [2.24, 2.45) is 0 Å². The van der Waals surface area contributed by atoms with Crippen LogP contribution in [-0.2, 0) is 9.09 Å². The van der Waals surface area contributed by atoms with Crippen LogP contribution < -0.4 is 0 Å². The van der Waals surface area contributed by atoms with Crippen LogP contribution in [0.2, 0.25) is 0 Å². The molecule has 0 aromatic heterocycles.